The van der Waals surface area contributed by atoms with Gasteiger partial charge in [-0.2, -0.15) is 0 Å². The Morgan fingerprint density at radius 3 is 3.06 bits per heavy atom. The fourth-order valence-electron chi connectivity index (χ4n) is 2.70. The van der Waals surface area contributed by atoms with Crippen molar-refractivity contribution in [2.24, 2.45) is 0 Å². The summed E-state index contributed by atoms with van der Waals surface area (Å²) < 4.78 is 0. The van der Waals surface area contributed by atoms with Crippen LogP contribution in [0.4, 0.5) is 11.4 Å². The van der Waals surface area contributed by atoms with Crippen molar-refractivity contribution in [3.8, 4) is 0 Å². The van der Waals surface area contributed by atoms with Gasteiger partial charge in [-0.05, 0) is 38.7 Å². The van der Waals surface area contributed by atoms with E-state index in [-0.39, 0.29) is 6.10 Å². The van der Waals surface area contributed by atoms with Crippen LogP contribution >= 0.6 is 0 Å². The number of rotatable bonds is 4. The van der Waals surface area contributed by atoms with Gasteiger partial charge in [-0.25, -0.2) is 0 Å². The third kappa shape index (κ3) is 3.13. The predicted octanol–water partition coefficient (Wildman–Crippen LogP) is 2.25. The van der Waals surface area contributed by atoms with Gasteiger partial charge >= 0.3 is 0 Å². The molecule has 2 atom stereocenters. The highest BCUT2D eigenvalue weighted by molar-refractivity contribution is 5.56. The van der Waals surface area contributed by atoms with Gasteiger partial charge in [-0.15, -0.1) is 0 Å². The Morgan fingerprint density at radius 1 is 1.50 bits per heavy atom. The molecule has 0 aromatic carbocycles. The van der Waals surface area contributed by atoms with Crippen LogP contribution in [0.25, 0.3) is 0 Å². The zero-order valence-electron chi connectivity index (χ0n) is 11.3. The standard InChI is InChI=1S/C14H23N3O/c1-11(18)7-13-5-3-4-6-17(13)14-8-12(15-2)9-16-10-14/h8-11,13,15,18H,3-7H2,1-2H3. The molecule has 1 aliphatic rings. The molecule has 1 saturated heterocycles. The topological polar surface area (TPSA) is 48.4 Å². The van der Waals surface area contributed by atoms with E-state index in [2.05, 4.69) is 21.3 Å². The molecule has 0 saturated carbocycles. The predicted molar refractivity (Wildman–Crippen MR) is 75.1 cm³/mol. The Bertz CT molecular complexity index is 381. The van der Waals surface area contributed by atoms with Gasteiger partial charge in [0.2, 0.25) is 0 Å². The van der Waals surface area contributed by atoms with Crippen molar-refractivity contribution in [2.45, 2.75) is 44.8 Å². The lowest BCUT2D eigenvalue weighted by Gasteiger charge is -2.38. The van der Waals surface area contributed by atoms with Crippen LogP contribution in [-0.4, -0.2) is 35.8 Å². The van der Waals surface area contributed by atoms with Crippen molar-refractivity contribution in [1.29, 1.82) is 0 Å². The fraction of sp³-hybridized carbons (Fsp3) is 0.643. The number of pyridine rings is 1. The zero-order valence-corrected chi connectivity index (χ0v) is 11.3. The smallest absolute Gasteiger partial charge is 0.0576 e. The summed E-state index contributed by atoms with van der Waals surface area (Å²) in [5.41, 5.74) is 2.20. The highest BCUT2D eigenvalue weighted by Gasteiger charge is 2.24. The number of anilines is 2. The summed E-state index contributed by atoms with van der Waals surface area (Å²) in [6.07, 6.45) is 7.99. The van der Waals surface area contributed by atoms with Crippen molar-refractivity contribution >= 4 is 11.4 Å². The summed E-state index contributed by atoms with van der Waals surface area (Å²) in [5.74, 6) is 0. The molecule has 2 rings (SSSR count). The van der Waals surface area contributed by atoms with Crippen LogP contribution in [0.5, 0.6) is 0 Å². The van der Waals surface area contributed by atoms with E-state index in [0.717, 1.165) is 30.8 Å². The summed E-state index contributed by atoms with van der Waals surface area (Å²) >= 11 is 0. The molecule has 0 amide bonds. The van der Waals surface area contributed by atoms with Gasteiger partial charge in [0.25, 0.3) is 0 Å². The molecular weight excluding hydrogens is 226 g/mol. The molecule has 2 heterocycles. The number of aliphatic hydroxyl groups excluding tert-OH is 1. The highest BCUT2D eigenvalue weighted by atomic mass is 16.3. The first-order valence-electron chi connectivity index (χ1n) is 6.78. The quantitative estimate of drug-likeness (QED) is 0.859. The average Bonchev–Trinajstić information content (AvgIpc) is 2.39. The van der Waals surface area contributed by atoms with Crippen molar-refractivity contribution in [1.82, 2.24) is 4.98 Å². The third-order valence-electron chi connectivity index (χ3n) is 3.58. The number of piperidine rings is 1. The Hall–Kier alpha value is -1.29. The molecule has 0 spiro atoms. The maximum atomic E-state index is 9.62. The van der Waals surface area contributed by atoms with Crippen molar-refractivity contribution in [2.75, 3.05) is 23.8 Å². The van der Waals surface area contributed by atoms with Gasteiger partial charge in [0.15, 0.2) is 0 Å². The summed E-state index contributed by atoms with van der Waals surface area (Å²) in [6, 6.07) is 2.57. The molecule has 2 unspecified atom stereocenters. The molecule has 1 aromatic heterocycles. The third-order valence-corrected chi connectivity index (χ3v) is 3.58. The van der Waals surface area contributed by atoms with E-state index in [1.54, 1.807) is 0 Å². The fourth-order valence-corrected chi connectivity index (χ4v) is 2.70. The molecule has 0 radical (unpaired) electrons. The maximum absolute atomic E-state index is 9.62. The van der Waals surface area contributed by atoms with Gasteiger partial charge in [0.1, 0.15) is 0 Å². The highest BCUT2D eigenvalue weighted by Crippen LogP contribution is 2.28. The number of aromatic nitrogens is 1. The van der Waals surface area contributed by atoms with Crippen LogP contribution in [0, 0.1) is 0 Å². The van der Waals surface area contributed by atoms with E-state index in [0.29, 0.717) is 6.04 Å². The van der Waals surface area contributed by atoms with Crippen LogP contribution in [0.3, 0.4) is 0 Å². The lowest BCUT2D eigenvalue weighted by molar-refractivity contribution is 0.167. The minimum absolute atomic E-state index is 0.240. The maximum Gasteiger partial charge on any atom is 0.0576 e. The first kappa shape index (κ1) is 13.1. The number of nitrogens with zero attached hydrogens (tertiary/aromatic N) is 2. The summed E-state index contributed by atoms with van der Waals surface area (Å²) in [4.78, 5) is 6.67. The normalized spacial score (nSPS) is 21.7. The Kier molecular flexibility index (Phi) is 4.42. The van der Waals surface area contributed by atoms with Gasteiger partial charge in [-0.1, -0.05) is 0 Å². The van der Waals surface area contributed by atoms with Crippen molar-refractivity contribution in [3.05, 3.63) is 18.5 Å². The molecule has 1 fully saturated rings. The molecular formula is C14H23N3O. The molecule has 4 nitrogen and oxygen atoms in total. The molecule has 100 valence electrons. The SMILES string of the molecule is CNc1cncc(N2CCCCC2CC(C)O)c1. The number of hydrogen-bond donors (Lipinski definition) is 2. The van der Waals surface area contributed by atoms with Crippen LogP contribution in [0.15, 0.2) is 18.5 Å². The monoisotopic (exact) mass is 249 g/mol. The number of aliphatic hydroxyl groups is 1. The second-order valence-corrected chi connectivity index (χ2v) is 5.11. The number of hydrogen-bond acceptors (Lipinski definition) is 4. The lowest BCUT2D eigenvalue weighted by Crippen LogP contribution is -2.41. The van der Waals surface area contributed by atoms with E-state index in [9.17, 15) is 5.11 Å². The largest absolute Gasteiger partial charge is 0.393 e. The Morgan fingerprint density at radius 2 is 2.33 bits per heavy atom. The van der Waals surface area contributed by atoms with Crippen LogP contribution in [0.2, 0.25) is 0 Å². The van der Waals surface area contributed by atoms with E-state index in [1.807, 2.05) is 26.4 Å². The van der Waals surface area contributed by atoms with Crippen molar-refractivity contribution < 1.29 is 5.11 Å². The summed E-state index contributed by atoms with van der Waals surface area (Å²) in [6.45, 7) is 2.93. The molecule has 0 aliphatic carbocycles. The minimum atomic E-state index is -0.240. The van der Waals surface area contributed by atoms with E-state index in [1.165, 1.54) is 12.8 Å². The van der Waals surface area contributed by atoms with E-state index < -0.39 is 0 Å². The summed E-state index contributed by atoms with van der Waals surface area (Å²) in [5, 5.41) is 12.7. The molecule has 18 heavy (non-hydrogen) atoms. The first-order chi connectivity index (χ1) is 8.70. The van der Waals surface area contributed by atoms with Gasteiger partial charge in [-0.3, -0.25) is 4.98 Å². The van der Waals surface area contributed by atoms with Gasteiger partial charge in [0, 0.05) is 19.6 Å². The van der Waals surface area contributed by atoms with E-state index in [4.69, 9.17) is 0 Å². The van der Waals surface area contributed by atoms with E-state index >= 15 is 0 Å². The molecule has 4 heteroatoms. The average molecular weight is 249 g/mol. The van der Waals surface area contributed by atoms with Gasteiger partial charge in [0.05, 0.1) is 29.9 Å². The van der Waals surface area contributed by atoms with Crippen LogP contribution < -0.4 is 10.2 Å². The summed E-state index contributed by atoms with van der Waals surface area (Å²) in [7, 11) is 1.91. The molecule has 1 aliphatic heterocycles. The Balaban J connectivity index is 2.16. The first-order valence-corrected chi connectivity index (χ1v) is 6.78. The second-order valence-electron chi connectivity index (χ2n) is 5.11. The van der Waals surface area contributed by atoms with Crippen LogP contribution in [-0.2, 0) is 0 Å². The molecule has 0 bridgehead atoms. The van der Waals surface area contributed by atoms with Crippen molar-refractivity contribution in [3.63, 3.8) is 0 Å². The zero-order chi connectivity index (χ0) is 13.0. The lowest BCUT2D eigenvalue weighted by atomic mass is 9.96. The van der Waals surface area contributed by atoms with Gasteiger partial charge < -0.3 is 15.3 Å². The number of nitrogens with one attached hydrogen (secondary N) is 1. The van der Waals surface area contributed by atoms with Crippen LogP contribution in [0.1, 0.15) is 32.6 Å². The molecule has 1 aromatic rings. The Labute approximate surface area is 109 Å². The second kappa shape index (κ2) is 6.05. The minimum Gasteiger partial charge on any atom is -0.393 e. The molecule has 2 N–H and O–H groups in total.